The molecule has 2 rings (SSSR count). The number of hydrogen-bond donors (Lipinski definition) is 2. The lowest BCUT2D eigenvalue weighted by atomic mass is 10.1. The van der Waals surface area contributed by atoms with E-state index in [9.17, 15) is 9.59 Å². The summed E-state index contributed by atoms with van der Waals surface area (Å²) in [6, 6.07) is 7.48. The summed E-state index contributed by atoms with van der Waals surface area (Å²) in [5, 5.41) is 12.5. The normalized spacial score (nSPS) is 12.0. The van der Waals surface area contributed by atoms with E-state index < -0.39 is 5.97 Å². The third-order valence-electron chi connectivity index (χ3n) is 3.24. The number of aromatic carboxylic acids is 1. The summed E-state index contributed by atoms with van der Waals surface area (Å²) in [5.74, 6) is -1.10. The van der Waals surface area contributed by atoms with E-state index in [0.29, 0.717) is 17.1 Å². The van der Waals surface area contributed by atoms with Crippen molar-refractivity contribution < 1.29 is 14.7 Å². The van der Waals surface area contributed by atoms with Gasteiger partial charge in [-0.3, -0.25) is 4.79 Å². The van der Waals surface area contributed by atoms with Crippen molar-refractivity contribution in [3.8, 4) is 0 Å². The molecule has 0 unspecified atom stereocenters. The minimum atomic E-state index is -0.987. The standard InChI is InChI=1S/C16H18N2O3S/c1-9-4-6-12(7-5-9)8-13(19)17-11(3)15-18-10(2)14(22-15)16(20)21/h4-7,11H,8H2,1-3H3,(H,17,19)(H,20,21)/t11-/m1/s1. The van der Waals surface area contributed by atoms with Gasteiger partial charge in [0.25, 0.3) is 0 Å². The van der Waals surface area contributed by atoms with Gasteiger partial charge in [-0.1, -0.05) is 29.8 Å². The average Bonchev–Trinajstić information content (AvgIpc) is 2.83. The summed E-state index contributed by atoms with van der Waals surface area (Å²) in [5.41, 5.74) is 2.57. The minimum absolute atomic E-state index is 0.110. The second kappa shape index (κ2) is 6.70. The molecule has 1 aromatic heterocycles. The van der Waals surface area contributed by atoms with Gasteiger partial charge in [0.1, 0.15) is 9.88 Å². The second-order valence-corrected chi connectivity index (χ2v) is 6.25. The smallest absolute Gasteiger partial charge is 0.347 e. The monoisotopic (exact) mass is 318 g/mol. The predicted octanol–water partition coefficient (Wildman–Crippen LogP) is 2.88. The lowest BCUT2D eigenvalue weighted by molar-refractivity contribution is -0.121. The summed E-state index contributed by atoms with van der Waals surface area (Å²) >= 11 is 1.10. The Morgan fingerprint density at radius 3 is 2.45 bits per heavy atom. The van der Waals surface area contributed by atoms with Crippen LogP contribution in [0.3, 0.4) is 0 Å². The van der Waals surface area contributed by atoms with Crippen molar-refractivity contribution >= 4 is 23.2 Å². The molecule has 1 atom stereocenters. The first-order valence-corrected chi connectivity index (χ1v) is 7.74. The number of thiazole rings is 1. The van der Waals surface area contributed by atoms with Crippen molar-refractivity contribution in [2.45, 2.75) is 33.2 Å². The molecule has 2 N–H and O–H groups in total. The number of aromatic nitrogens is 1. The molecule has 22 heavy (non-hydrogen) atoms. The van der Waals surface area contributed by atoms with Crippen LogP contribution in [0, 0.1) is 13.8 Å². The van der Waals surface area contributed by atoms with Crippen LogP contribution in [0.5, 0.6) is 0 Å². The number of benzene rings is 1. The second-order valence-electron chi connectivity index (χ2n) is 5.22. The number of nitrogens with zero attached hydrogens (tertiary/aromatic N) is 1. The maximum Gasteiger partial charge on any atom is 0.347 e. The first-order valence-electron chi connectivity index (χ1n) is 6.92. The van der Waals surface area contributed by atoms with Crippen molar-refractivity contribution in [3.05, 3.63) is 51.0 Å². The number of carbonyl (C=O) groups is 2. The molecule has 2 aromatic rings. The number of rotatable bonds is 5. The molecule has 0 bridgehead atoms. The van der Waals surface area contributed by atoms with Gasteiger partial charge in [0.2, 0.25) is 5.91 Å². The van der Waals surface area contributed by atoms with Gasteiger partial charge in [0.15, 0.2) is 0 Å². The molecular weight excluding hydrogens is 300 g/mol. The Morgan fingerprint density at radius 2 is 1.91 bits per heavy atom. The Kier molecular flexibility index (Phi) is 4.92. The molecular formula is C16H18N2O3S. The number of hydrogen-bond acceptors (Lipinski definition) is 4. The molecule has 1 amide bonds. The molecule has 0 aliphatic heterocycles. The predicted molar refractivity (Wildman–Crippen MR) is 85.3 cm³/mol. The number of carbonyl (C=O) groups excluding carboxylic acids is 1. The molecule has 116 valence electrons. The molecule has 1 aromatic carbocycles. The van der Waals surface area contributed by atoms with Crippen LogP contribution >= 0.6 is 11.3 Å². The fourth-order valence-corrected chi connectivity index (χ4v) is 2.95. The fraction of sp³-hybridized carbons (Fsp3) is 0.312. The van der Waals surface area contributed by atoms with E-state index in [1.165, 1.54) is 0 Å². The zero-order chi connectivity index (χ0) is 16.3. The Bertz CT molecular complexity index is 692. The number of nitrogens with one attached hydrogen (secondary N) is 1. The Hall–Kier alpha value is -2.21. The van der Waals surface area contributed by atoms with Crippen LogP contribution in [-0.4, -0.2) is 22.0 Å². The van der Waals surface area contributed by atoms with E-state index in [1.807, 2.05) is 31.2 Å². The molecule has 5 nitrogen and oxygen atoms in total. The summed E-state index contributed by atoms with van der Waals surface area (Å²) in [4.78, 5) is 27.5. The van der Waals surface area contributed by atoms with E-state index >= 15 is 0 Å². The van der Waals surface area contributed by atoms with Crippen LogP contribution in [0.4, 0.5) is 0 Å². The largest absolute Gasteiger partial charge is 0.477 e. The third-order valence-corrected chi connectivity index (χ3v) is 4.57. The Balaban J connectivity index is 2.00. The average molecular weight is 318 g/mol. The summed E-state index contributed by atoms with van der Waals surface area (Å²) < 4.78 is 0. The lowest BCUT2D eigenvalue weighted by Gasteiger charge is -2.11. The highest BCUT2D eigenvalue weighted by atomic mass is 32.1. The molecule has 1 heterocycles. The van der Waals surface area contributed by atoms with E-state index in [1.54, 1.807) is 13.8 Å². The van der Waals surface area contributed by atoms with Crippen LogP contribution in [0.15, 0.2) is 24.3 Å². The molecule has 0 fully saturated rings. The zero-order valence-electron chi connectivity index (χ0n) is 12.7. The van der Waals surface area contributed by atoms with Gasteiger partial charge in [-0.2, -0.15) is 0 Å². The number of amides is 1. The maximum atomic E-state index is 12.1. The molecule has 6 heteroatoms. The summed E-state index contributed by atoms with van der Waals surface area (Å²) in [6.07, 6.45) is 0.292. The van der Waals surface area contributed by atoms with Gasteiger partial charge >= 0.3 is 5.97 Å². The number of aryl methyl sites for hydroxylation is 2. The van der Waals surface area contributed by atoms with E-state index in [4.69, 9.17) is 5.11 Å². The summed E-state index contributed by atoms with van der Waals surface area (Å²) in [6.45, 7) is 5.46. The van der Waals surface area contributed by atoms with E-state index in [-0.39, 0.29) is 16.8 Å². The first kappa shape index (κ1) is 16.2. The molecule has 0 aliphatic carbocycles. The highest BCUT2D eigenvalue weighted by molar-refractivity contribution is 7.13. The van der Waals surface area contributed by atoms with Crippen LogP contribution in [0.25, 0.3) is 0 Å². The molecule has 0 aliphatic rings. The van der Waals surface area contributed by atoms with Crippen molar-refractivity contribution in [2.24, 2.45) is 0 Å². The zero-order valence-corrected chi connectivity index (χ0v) is 13.5. The minimum Gasteiger partial charge on any atom is -0.477 e. The van der Waals surface area contributed by atoms with Gasteiger partial charge in [0, 0.05) is 0 Å². The SMILES string of the molecule is Cc1ccc(CC(=O)N[C@H](C)c2nc(C)c(C(=O)O)s2)cc1. The fourth-order valence-electron chi connectivity index (χ4n) is 2.05. The Labute approximate surface area is 133 Å². The first-order chi connectivity index (χ1) is 10.4. The van der Waals surface area contributed by atoms with Crippen LogP contribution in [0.2, 0.25) is 0 Å². The number of carboxylic acids is 1. The molecule has 0 radical (unpaired) electrons. The van der Waals surface area contributed by atoms with Crippen LogP contribution < -0.4 is 5.32 Å². The Morgan fingerprint density at radius 1 is 1.27 bits per heavy atom. The number of carboxylic acid groups (broad SMARTS) is 1. The highest BCUT2D eigenvalue weighted by Gasteiger charge is 2.19. The molecule has 0 spiro atoms. The van der Waals surface area contributed by atoms with Gasteiger partial charge in [0.05, 0.1) is 18.2 Å². The van der Waals surface area contributed by atoms with Crippen molar-refractivity contribution in [3.63, 3.8) is 0 Å². The van der Waals surface area contributed by atoms with Gasteiger partial charge < -0.3 is 10.4 Å². The lowest BCUT2D eigenvalue weighted by Crippen LogP contribution is -2.28. The van der Waals surface area contributed by atoms with E-state index in [0.717, 1.165) is 22.5 Å². The van der Waals surface area contributed by atoms with E-state index in [2.05, 4.69) is 10.3 Å². The van der Waals surface area contributed by atoms with Gasteiger partial charge in [-0.15, -0.1) is 11.3 Å². The van der Waals surface area contributed by atoms with Crippen molar-refractivity contribution in [1.82, 2.24) is 10.3 Å². The quantitative estimate of drug-likeness (QED) is 0.888. The highest BCUT2D eigenvalue weighted by Crippen LogP contribution is 2.23. The molecule has 0 saturated carbocycles. The van der Waals surface area contributed by atoms with Crippen LogP contribution in [0.1, 0.15) is 44.5 Å². The summed E-state index contributed by atoms with van der Waals surface area (Å²) in [7, 11) is 0. The van der Waals surface area contributed by atoms with Gasteiger partial charge in [-0.05, 0) is 26.3 Å². The maximum absolute atomic E-state index is 12.1. The van der Waals surface area contributed by atoms with Crippen molar-refractivity contribution in [1.29, 1.82) is 0 Å². The van der Waals surface area contributed by atoms with Crippen molar-refractivity contribution in [2.75, 3.05) is 0 Å². The molecule has 0 saturated heterocycles. The van der Waals surface area contributed by atoms with Crippen LogP contribution in [-0.2, 0) is 11.2 Å². The van der Waals surface area contributed by atoms with Gasteiger partial charge in [-0.25, -0.2) is 9.78 Å². The third kappa shape index (κ3) is 3.92. The topological polar surface area (TPSA) is 79.3 Å².